The van der Waals surface area contributed by atoms with Crippen molar-refractivity contribution in [2.24, 2.45) is 5.92 Å². The van der Waals surface area contributed by atoms with Crippen molar-refractivity contribution in [3.8, 4) is 0 Å². The lowest BCUT2D eigenvalue weighted by atomic mass is 9.72. The summed E-state index contributed by atoms with van der Waals surface area (Å²) in [4.78, 5) is 19.9. The Morgan fingerprint density at radius 2 is 2.04 bits per heavy atom. The number of aromatic nitrogens is 1. The van der Waals surface area contributed by atoms with Gasteiger partial charge in [0.15, 0.2) is 0 Å². The molecule has 2 aliphatic rings. The smallest absolute Gasteiger partial charge is 0.233 e. The van der Waals surface area contributed by atoms with E-state index in [9.17, 15) is 9.18 Å². The quantitative estimate of drug-likeness (QED) is 0.809. The molecule has 0 aliphatic carbocycles. The molecule has 0 radical (unpaired) electrons. The highest BCUT2D eigenvalue weighted by Crippen LogP contribution is 2.39. The normalized spacial score (nSPS) is 22.0. The number of halogens is 1. The number of ether oxygens (including phenoxy) is 1. The zero-order valence-corrected chi connectivity index (χ0v) is 16.1. The zero-order chi connectivity index (χ0) is 19.4. The average Bonchev–Trinajstić information content (AvgIpc) is 2.75. The van der Waals surface area contributed by atoms with Crippen LogP contribution in [0.15, 0.2) is 48.8 Å². The van der Waals surface area contributed by atoms with Crippen molar-refractivity contribution in [3.05, 3.63) is 65.7 Å². The molecule has 2 aromatic rings. The summed E-state index contributed by atoms with van der Waals surface area (Å²) in [7, 11) is 0. The van der Waals surface area contributed by atoms with E-state index in [1.54, 1.807) is 18.3 Å². The van der Waals surface area contributed by atoms with Crippen LogP contribution in [-0.2, 0) is 21.4 Å². The molecule has 1 aromatic carbocycles. The molecule has 3 heterocycles. The number of carbonyl (C=O) groups excluding carboxylic acids is 1. The fraction of sp³-hybridized carbons (Fsp3) is 0.478. The number of amides is 1. The first-order chi connectivity index (χ1) is 13.7. The van der Waals surface area contributed by atoms with E-state index in [0.29, 0.717) is 37.5 Å². The Kier molecular flexibility index (Phi) is 5.72. The van der Waals surface area contributed by atoms with Crippen LogP contribution in [0.2, 0.25) is 0 Å². The van der Waals surface area contributed by atoms with Crippen molar-refractivity contribution in [1.29, 1.82) is 0 Å². The first-order valence-electron chi connectivity index (χ1n) is 10.2. The van der Waals surface area contributed by atoms with Crippen LogP contribution in [0.3, 0.4) is 0 Å². The van der Waals surface area contributed by atoms with Crippen LogP contribution in [0, 0.1) is 11.7 Å². The monoisotopic (exact) mass is 382 g/mol. The standard InChI is InChI=1S/C23H27FN2O2/c24-21-8-2-1-7-20(21)23(9-13-28-14-10-23)22(27)26-12-4-6-19(17-26)15-18-5-3-11-25-16-18/h1-3,5,7-8,11,16,19H,4,6,9-10,12-15,17H2/t19-/m1/s1. The summed E-state index contributed by atoms with van der Waals surface area (Å²) in [5, 5.41) is 0. The number of hydrogen-bond acceptors (Lipinski definition) is 3. The highest BCUT2D eigenvalue weighted by atomic mass is 19.1. The molecule has 0 bridgehead atoms. The molecule has 28 heavy (non-hydrogen) atoms. The van der Waals surface area contributed by atoms with Gasteiger partial charge in [-0.3, -0.25) is 9.78 Å². The third-order valence-corrected chi connectivity index (χ3v) is 6.20. The molecule has 0 N–H and O–H groups in total. The van der Waals surface area contributed by atoms with Crippen LogP contribution in [0.1, 0.15) is 36.8 Å². The highest BCUT2D eigenvalue weighted by Gasteiger charge is 2.46. The molecule has 0 unspecified atom stereocenters. The minimum absolute atomic E-state index is 0.0665. The van der Waals surface area contributed by atoms with E-state index >= 15 is 0 Å². The Bertz CT molecular complexity index is 805. The molecule has 148 valence electrons. The lowest BCUT2D eigenvalue weighted by Crippen LogP contribution is -2.53. The maximum absolute atomic E-state index is 14.7. The van der Waals surface area contributed by atoms with E-state index in [0.717, 1.165) is 32.4 Å². The summed E-state index contributed by atoms with van der Waals surface area (Å²) >= 11 is 0. The molecule has 5 heteroatoms. The molecule has 4 nitrogen and oxygen atoms in total. The van der Waals surface area contributed by atoms with Crippen LogP contribution in [-0.4, -0.2) is 42.1 Å². The van der Waals surface area contributed by atoms with Gasteiger partial charge in [0, 0.05) is 44.3 Å². The largest absolute Gasteiger partial charge is 0.381 e. The van der Waals surface area contributed by atoms with E-state index in [1.807, 2.05) is 23.2 Å². The number of rotatable bonds is 4. The zero-order valence-electron chi connectivity index (χ0n) is 16.1. The van der Waals surface area contributed by atoms with Crippen LogP contribution < -0.4 is 0 Å². The third-order valence-electron chi connectivity index (χ3n) is 6.20. The molecule has 2 aliphatic heterocycles. The number of piperidine rings is 1. The predicted octanol–water partition coefficient (Wildman–Crippen LogP) is 3.75. The summed E-state index contributed by atoms with van der Waals surface area (Å²) in [6.07, 6.45) is 7.78. The van der Waals surface area contributed by atoms with Crippen molar-refractivity contribution in [2.45, 2.75) is 37.5 Å². The maximum Gasteiger partial charge on any atom is 0.233 e. The Morgan fingerprint density at radius 1 is 1.21 bits per heavy atom. The Hall–Kier alpha value is -2.27. The van der Waals surface area contributed by atoms with E-state index in [1.165, 1.54) is 11.6 Å². The number of nitrogens with zero attached hydrogens (tertiary/aromatic N) is 2. The van der Waals surface area contributed by atoms with Gasteiger partial charge < -0.3 is 9.64 Å². The van der Waals surface area contributed by atoms with Gasteiger partial charge in [0.1, 0.15) is 5.82 Å². The number of likely N-dealkylation sites (tertiary alicyclic amines) is 1. The molecule has 2 fully saturated rings. The lowest BCUT2D eigenvalue weighted by Gasteiger charge is -2.43. The van der Waals surface area contributed by atoms with Gasteiger partial charge in [-0.25, -0.2) is 4.39 Å². The van der Waals surface area contributed by atoms with Gasteiger partial charge >= 0.3 is 0 Å². The molecule has 2 saturated heterocycles. The second-order valence-corrected chi connectivity index (χ2v) is 8.00. The predicted molar refractivity (Wildman–Crippen MR) is 105 cm³/mol. The van der Waals surface area contributed by atoms with Gasteiger partial charge in [-0.2, -0.15) is 0 Å². The van der Waals surface area contributed by atoms with Crippen molar-refractivity contribution < 1.29 is 13.9 Å². The topological polar surface area (TPSA) is 42.4 Å². The summed E-state index contributed by atoms with van der Waals surface area (Å²) in [6, 6.07) is 10.8. The fourth-order valence-corrected chi connectivity index (χ4v) is 4.74. The van der Waals surface area contributed by atoms with Crippen LogP contribution in [0.4, 0.5) is 4.39 Å². The Labute approximate surface area is 165 Å². The van der Waals surface area contributed by atoms with Gasteiger partial charge in [-0.05, 0) is 55.7 Å². The lowest BCUT2D eigenvalue weighted by molar-refractivity contribution is -0.143. The summed E-state index contributed by atoms with van der Waals surface area (Å²) in [6.45, 7) is 2.46. The van der Waals surface area contributed by atoms with Gasteiger partial charge in [-0.1, -0.05) is 24.3 Å². The van der Waals surface area contributed by atoms with Gasteiger partial charge in [0.25, 0.3) is 0 Å². The first kappa shape index (κ1) is 19.1. The summed E-state index contributed by atoms with van der Waals surface area (Å²) < 4.78 is 20.2. The molecular formula is C23H27FN2O2. The van der Waals surface area contributed by atoms with E-state index in [4.69, 9.17) is 4.74 Å². The minimum atomic E-state index is -0.806. The fourth-order valence-electron chi connectivity index (χ4n) is 4.74. The molecular weight excluding hydrogens is 355 g/mol. The van der Waals surface area contributed by atoms with Gasteiger partial charge in [0.2, 0.25) is 5.91 Å². The van der Waals surface area contributed by atoms with E-state index < -0.39 is 5.41 Å². The Morgan fingerprint density at radius 3 is 2.79 bits per heavy atom. The Balaban J connectivity index is 1.56. The molecule has 0 spiro atoms. The SMILES string of the molecule is O=C(N1CCC[C@H](Cc2cccnc2)C1)C1(c2ccccc2F)CCOCC1. The molecule has 1 aromatic heterocycles. The van der Waals surface area contributed by atoms with Crippen molar-refractivity contribution >= 4 is 5.91 Å². The van der Waals surface area contributed by atoms with Crippen LogP contribution >= 0.6 is 0 Å². The number of pyridine rings is 1. The van der Waals surface area contributed by atoms with Crippen molar-refractivity contribution in [3.63, 3.8) is 0 Å². The molecule has 1 atom stereocenters. The summed E-state index contributed by atoms with van der Waals surface area (Å²) in [5.41, 5.74) is 0.925. The van der Waals surface area contributed by atoms with Crippen LogP contribution in [0.5, 0.6) is 0 Å². The molecule has 0 saturated carbocycles. The summed E-state index contributed by atoms with van der Waals surface area (Å²) in [5.74, 6) is 0.192. The number of carbonyl (C=O) groups is 1. The maximum atomic E-state index is 14.7. The van der Waals surface area contributed by atoms with Crippen molar-refractivity contribution in [2.75, 3.05) is 26.3 Å². The van der Waals surface area contributed by atoms with Gasteiger partial charge in [0.05, 0.1) is 5.41 Å². The molecule has 4 rings (SSSR count). The minimum Gasteiger partial charge on any atom is -0.381 e. The average molecular weight is 382 g/mol. The second-order valence-electron chi connectivity index (χ2n) is 8.00. The van der Waals surface area contributed by atoms with E-state index in [2.05, 4.69) is 11.1 Å². The number of hydrogen-bond donors (Lipinski definition) is 0. The first-order valence-corrected chi connectivity index (χ1v) is 10.2. The number of benzene rings is 1. The second kappa shape index (κ2) is 8.39. The third kappa shape index (κ3) is 3.81. The van der Waals surface area contributed by atoms with Crippen molar-refractivity contribution in [1.82, 2.24) is 9.88 Å². The van der Waals surface area contributed by atoms with Crippen LogP contribution in [0.25, 0.3) is 0 Å². The van der Waals surface area contributed by atoms with Gasteiger partial charge in [-0.15, -0.1) is 0 Å². The molecule has 1 amide bonds. The highest BCUT2D eigenvalue weighted by molar-refractivity contribution is 5.88. The van der Waals surface area contributed by atoms with E-state index in [-0.39, 0.29) is 11.7 Å².